The second kappa shape index (κ2) is 28.5. The number of carbonyl (C=O) groups excluding carboxylic acids is 3. The average molecular weight is 1180 g/mol. The van der Waals surface area contributed by atoms with Gasteiger partial charge in [-0.1, -0.05) is 18.2 Å². The Morgan fingerprint density at radius 1 is 0.641 bits per heavy atom. The molecule has 5 rings (SSSR count). The molecule has 2 aromatic rings. The van der Waals surface area contributed by atoms with Crippen molar-refractivity contribution in [2.75, 3.05) is 109 Å². The molecule has 0 spiro atoms. The monoisotopic (exact) mass is 1170 g/mol. The molecular formula is C49H64N3O22S4-3. The molecule has 29 heteroatoms. The molecule has 3 heterocycles. The van der Waals surface area contributed by atoms with Gasteiger partial charge < -0.3 is 56.4 Å². The minimum atomic E-state index is -4.95. The number of benzene rings is 2. The summed E-state index contributed by atoms with van der Waals surface area (Å²) >= 11 is 0. The van der Waals surface area contributed by atoms with E-state index in [2.05, 4.69) is 0 Å². The molecule has 1 fully saturated rings. The minimum absolute atomic E-state index is 0.00104. The second-order valence-electron chi connectivity index (χ2n) is 18.5. The van der Waals surface area contributed by atoms with Crippen LogP contribution in [0.3, 0.4) is 0 Å². The molecule has 2 aromatic carbocycles. The van der Waals surface area contributed by atoms with Crippen LogP contribution in [0.2, 0.25) is 0 Å². The summed E-state index contributed by atoms with van der Waals surface area (Å²) in [6.45, 7) is 6.00. The molecule has 434 valence electrons. The predicted octanol–water partition coefficient (Wildman–Crippen LogP) is 2.00. The largest absolute Gasteiger partial charge is 0.748 e. The van der Waals surface area contributed by atoms with Crippen molar-refractivity contribution < 1.29 is 104 Å². The first-order valence-corrected chi connectivity index (χ1v) is 30.7. The maximum Gasteiger partial charge on any atom is 0.335 e. The van der Waals surface area contributed by atoms with Gasteiger partial charge >= 0.3 is 5.97 Å². The zero-order valence-corrected chi connectivity index (χ0v) is 46.6. The summed E-state index contributed by atoms with van der Waals surface area (Å²) in [5, 5.41) is 0.474. The van der Waals surface area contributed by atoms with Crippen molar-refractivity contribution in [2.45, 2.75) is 79.4 Å². The van der Waals surface area contributed by atoms with Gasteiger partial charge in [0.25, 0.3) is 11.8 Å². The number of hydroxylamine groups is 2. The fraction of sp³-hybridized carbons (Fsp3) is 0.551. The van der Waals surface area contributed by atoms with Gasteiger partial charge in [0.15, 0.2) is 12.3 Å². The Hall–Kier alpha value is -4.86. The fourth-order valence-corrected chi connectivity index (χ4v) is 11.2. The van der Waals surface area contributed by atoms with Crippen LogP contribution in [0.15, 0.2) is 82.3 Å². The van der Waals surface area contributed by atoms with Gasteiger partial charge in [-0.05, 0) is 81.5 Å². The molecule has 0 saturated carbocycles. The summed E-state index contributed by atoms with van der Waals surface area (Å²) in [7, 11) is -17.6. The van der Waals surface area contributed by atoms with Crippen LogP contribution in [-0.2, 0) is 98.9 Å². The van der Waals surface area contributed by atoms with E-state index in [-0.39, 0.29) is 131 Å². The lowest BCUT2D eigenvalue weighted by atomic mass is 9.76. The number of allylic oxidation sites excluding steroid dienone is 6. The minimum Gasteiger partial charge on any atom is -0.748 e. The van der Waals surface area contributed by atoms with E-state index in [0.717, 1.165) is 6.07 Å². The number of methoxy groups -OCH3 is 1. The molecule has 3 aliphatic heterocycles. The Balaban J connectivity index is 1.24. The van der Waals surface area contributed by atoms with E-state index < -0.39 is 90.4 Å². The van der Waals surface area contributed by atoms with Crippen LogP contribution in [0.5, 0.6) is 0 Å². The van der Waals surface area contributed by atoms with E-state index >= 15 is 0 Å². The summed E-state index contributed by atoms with van der Waals surface area (Å²) in [5.41, 5.74) is 0.662. The van der Waals surface area contributed by atoms with Crippen LogP contribution >= 0.6 is 0 Å². The molecule has 2 unspecified atom stereocenters. The molecule has 0 N–H and O–H groups in total. The summed E-state index contributed by atoms with van der Waals surface area (Å²) in [6.07, 6.45) is 8.09. The van der Waals surface area contributed by atoms with E-state index in [4.69, 9.17) is 33.3 Å². The number of anilines is 1. The van der Waals surface area contributed by atoms with Crippen molar-refractivity contribution in [1.29, 1.82) is 0 Å². The van der Waals surface area contributed by atoms with Gasteiger partial charge in [0.05, 0.1) is 108 Å². The molecule has 0 bridgehead atoms. The van der Waals surface area contributed by atoms with Crippen molar-refractivity contribution in [3.63, 3.8) is 0 Å². The molecule has 25 nitrogen and oxygen atoms in total. The van der Waals surface area contributed by atoms with Gasteiger partial charge in [0.2, 0.25) is 5.69 Å². The molecule has 0 radical (unpaired) electrons. The molecule has 2 atom stereocenters. The van der Waals surface area contributed by atoms with E-state index in [1.54, 1.807) is 44.2 Å². The van der Waals surface area contributed by atoms with Crippen LogP contribution in [0.25, 0.3) is 0 Å². The second-order valence-corrected chi connectivity index (χ2v) is 24.3. The highest BCUT2D eigenvalue weighted by molar-refractivity contribution is 7.86. The number of imide groups is 1. The number of fused-ring (bicyclic) bond motifs is 2. The highest BCUT2D eigenvalue weighted by atomic mass is 32.2. The fourth-order valence-electron chi connectivity index (χ4n) is 9.23. The number of ether oxygens (including phenoxy) is 6. The van der Waals surface area contributed by atoms with E-state index in [1.165, 1.54) is 37.4 Å². The number of amides is 2. The maximum absolute atomic E-state index is 12.3. The lowest BCUT2D eigenvalue weighted by Gasteiger charge is -2.30. The van der Waals surface area contributed by atoms with Gasteiger partial charge in [-0.15, -0.1) is 5.06 Å². The topological polar surface area (TPSA) is 354 Å². The Kier molecular flexibility index (Phi) is 23.4. The lowest BCUT2D eigenvalue weighted by Crippen LogP contribution is -2.32. The van der Waals surface area contributed by atoms with Crippen molar-refractivity contribution in [3.8, 4) is 0 Å². The predicted molar refractivity (Wildman–Crippen MR) is 272 cm³/mol. The molecule has 1 saturated heterocycles. The first kappa shape index (κ1) is 64.0. The smallest absolute Gasteiger partial charge is 0.335 e. The van der Waals surface area contributed by atoms with Crippen molar-refractivity contribution >= 4 is 75.3 Å². The van der Waals surface area contributed by atoms with Crippen LogP contribution in [0.4, 0.5) is 11.4 Å². The quantitative estimate of drug-likeness (QED) is 0.0313. The van der Waals surface area contributed by atoms with Gasteiger partial charge in [0.1, 0.15) is 26.8 Å². The lowest BCUT2D eigenvalue weighted by molar-refractivity contribution is -0.442. The van der Waals surface area contributed by atoms with Gasteiger partial charge in [-0.3, -0.25) is 9.59 Å². The summed E-state index contributed by atoms with van der Waals surface area (Å²) in [4.78, 5) is 40.5. The molecule has 0 aliphatic carbocycles. The standard InChI is InChI=1S/C49H67N3O22S4/c1-48(18-7-33-75(56,57)58)39-35-37(77(62,63)64)11-13-41(39)50(20-23-68-3)43(48)9-5-4-6-10-44-49(2,19-8-34-76(59,60)61)40-36-38(78(65,66)67)12-14-42(40)51(44)21-24-70-26-28-72-30-32-73-31-29-71-27-25-69-22-17-47(55)74-52-45(53)15-16-46(52)54/h4-6,9-14,35-36H,7-8,15-34H2,1-3H3,(H3-,56,57,58,59,60,61,62,63,64,65,66,67)/p-3. The molecular weight excluding hydrogens is 1110 g/mol. The Labute approximate surface area is 454 Å². The first-order valence-electron chi connectivity index (χ1n) is 24.7. The van der Waals surface area contributed by atoms with Crippen LogP contribution in [-0.4, -0.2) is 189 Å². The zero-order valence-electron chi connectivity index (χ0n) is 43.4. The summed E-state index contributed by atoms with van der Waals surface area (Å²) < 4.78 is 178. The first-order chi connectivity index (χ1) is 36.7. The van der Waals surface area contributed by atoms with E-state index in [9.17, 15) is 66.3 Å². The number of rotatable bonds is 35. The Morgan fingerprint density at radius 2 is 1.14 bits per heavy atom. The van der Waals surface area contributed by atoms with E-state index in [0.29, 0.717) is 39.0 Å². The normalized spacial score (nSPS) is 19.6. The van der Waals surface area contributed by atoms with Crippen molar-refractivity contribution in [3.05, 3.63) is 83.6 Å². The van der Waals surface area contributed by atoms with Gasteiger partial charge in [0, 0.05) is 72.5 Å². The van der Waals surface area contributed by atoms with Crippen molar-refractivity contribution in [1.82, 2.24) is 5.06 Å². The van der Waals surface area contributed by atoms with E-state index in [1.807, 2.05) is 9.48 Å². The van der Waals surface area contributed by atoms with Crippen molar-refractivity contribution in [2.24, 2.45) is 0 Å². The number of hydrogen-bond donors (Lipinski definition) is 0. The van der Waals surface area contributed by atoms with Gasteiger partial charge in [-0.25, -0.2) is 38.5 Å². The molecule has 78 heavy (non-hydrogen) atoms. The third-order valence-corrected chi connectivity index (χ3v) is 16.2. The average Bonchev–Trinajstić information content (AvgIpc) is 4.12. The zero-order chi connectivity index (χ0) is 57.4. The van der Waals surface area contributed by atoms with Crippen LogP contribution in [0, 0.1) is 0 Å². The molecule has 2 amide bonds. The van der Waals surface area contributed by atoms with Crippen LogP contribution in [0.1, 0.15) is 69.9 Å². The molecule has 0 aromatic heterocycles. The number of hydrogen-bond acceptors (Lipinski definition) is 23. The third-order valence-electron chi connectivity index (χ3n) is 13.0. The number of carbonyl (C=O) groups is 3. The SMILES string of the molecule is COCCN1C(=CC=CC=CC2=[N+](CCOCCOCCOCCOCCOCCC(=O)ON3C(=O)CCC3=O)c3ccc(S(=O)(=O)[O-])cc3C2(C)CCCS(=O)(=O)[O-])C(C)(CCCS(=O)(=O)[O-])c2cc(S(=O)(=O)[O-])ccc21. The van der Waals surface area contributed by atoms with Crippen LogP contribution < -0.4 is 4.90 Å². The summed E-state index contributed by atoms with van der Waals surface area (Å²) in [5.74, 6) is -3.31. The highest BCUT2D eigenvalue weighted by Crippen LogP contribution is 2.51. The molecule has 3 aliphatic rings. The maximum atomic E-state index is 12.3. The Morgan fingerprint density at radius 3 is 1.67 bits per heavy atom. The van der Waals surface area contributed by atoms with Gasteiger partial charge in [-0.2, -0.15) is 4.58 Å². The summed E-state index contributed by atoms with van der Waals surface area (Å²) in [6, 6.07) is 7.77. The highest BCUT2D eigenvalue weighted by Gasteiger charge is 2.48. The number of nitrogens with zero attached hydrogens (tertiary/aromatic N) is 3. The third kappa shape index (κ3) is 18.3. The Bertz CT molecular complexity index is 3040.